The molecule has 0 aliphatic rings. The standard InChI is InChI=1S/C13H19BO3.C13H13BO.C11H17BO.2C10H15BO.C9H13BO.C8H8BNO.C8H11BO2.2C8H11BO.C7H8BClO.C7H8BFO/c1-13(2,3)17-12(15)9-10-6-5-7-11(8-10)14(4)16;1-14(15)13-9-5-8-12(10-13)11-6-3-2-4-7-11;1-3-4-5-10-6-8-11(9-7-10)12(2)13;1-8(2)9-4-6-10(7-5-9)11(3)12;1-3-4-9-5-7-10(8-6-9)11(2)12;1-3-8-4-6-9(7-5-8)10(2)11;1-9(11)7-3-5-8(10-2)6-4-7;1-9(10)7-4-3-5-8(6-7)11-2;2*1-7-3-5-8(6-4-7)9(2)10;2*1-8(10)6-2-4-7(9)5-3-6/h5-8,16H,9H2,1-4H3;2-10,15H,1H3;6-9,13H,3-5H2,1-2H3;4-8,12H,1-3H3;5-8,12H,3-4H2,1-2H3;4-7,11H,3H2,1-2H3;3-6,11H,1H3;3-6,10H,1-2H3;2*3-6,10H,1-2H3;2*2-5,10H,1H3. The summed E-state index contributed by atoms with van der Waals surface area (Å²) < 4.78 is 22.5. The fourth-order valence-electron chi connectivity index (χ4n) is 12.8. The van der Waals surface area contributed by atoms with Gasteiger partial charge in [0.1, 0.15) is 17.2 Å². The number of benzene rings is 13. The van der Waals surface area contributed by atoms with Gasteiger partial charge in [-0.05, 0) is 202 Å². The van der Waals surface area contributed by atoms with Crippen LogP contribution in [-0.4, -0.2) is 162 Å². The van der Waals surface area contributed by atoms with Crippen LogP contribution in [0.5, 0.6) is 5.75 Å². The predicted octanol–water partition coefficient (Wildman–Crippen LogP) is 14.6. The molecule has 12 N–H and O–H groups in total. The van der Waals surface area contributed by atoms with E-state index in [-0.39, 0.29) is 59.7 Å². The van der Waals surface area contributed by atoms with Crippen LogP contribution in [0.15, 0.2) is 322 Å². The molecule has 13 aromatic rings. The number of esters is 1. The van der Waals surface area contributed by atoms with Crippen LogP contribution < -0.4 is 70.3 Å². The Hall–Kier alpha value is -10.9. The Labute approximate surface area is 859 Å². The topological polar surface area (TPSA) is 283 Å². The number of hydrogen-bond acceptors (Lipinski definition) is 15. The first-order valence-electron chi connectivity index (χ1n) is 48.9. The number of rotatable bonds is 23. The van der Waals surface area contributed by atoms with E-state index in [0.717, 1.165) is 102 Å². The molecule has 0 unspecified atom stereocenters. The Bertz CT molecular complexity index is 5330. The molecule has 0 amide bonds. The van der Waals surface area contributed by atoms with Gasteiger partial charge < -0.3 is 69.8 Å². The van der Waals surface area contributed by atoms with E-state index in [4.69, 9.17) is 52.8 Å². The van der Waals surface area contributed by atoms with Crippen LogP contribution in [-0.2, 0) is 35.2 Å². The first kappa shape index (κ1) is 127. The van der Waals surface area contributed by atoms with Crippen LogP contribution in [0.3, 0.4) is 0 Å². The van der Waals surface area contributed by atoms with Crippen molar-refractivity contribution in [2.45, 2.75) is 208 Å². The third kappa shape index (κ3) is 55.7. The second kappa shape index (κ2) is 70.8. The molecule has 0 bridgehead atoms. The SMILES string of the molecule is CB(O)c1ccc(C(C)C)cc1.CB(O)c1ccc(C)cc1.CB(O)c1ccc(C)cc1.CB(O)c1ccc(Cl)cc1.CB(O)c1ccc(F)cc1.CB(O)c1cccc(-c2ccccc2)c1.CB(O)c1cccc(CC(=O)OC(C)(C)C)c1.CCCCc1ccc(B(C)O)cc1.CCCc1ccc(B(C)O)cc1.CCc1ccc(B(C)O)cc1.COc1cccc(B(C)O)c1.[C-]#[N+]c1ccc(B(C)O)cc1. The molecule has 16 nitrogen and oxygen atoms in total. The second-order valence-corrected chi connectivity index (χ2v) is 36.7. The fraction of sp³-hybridized carbons (Fsp3) is 0.286. The number of nitrogens with zero attached hydrogens (tertiary/aromatic N) is 1. The maximum absolute atomic E-state index is 12.3. The van der Waals surface area contributed by atoms with E-state index in [1.54, 1.807) is 138 Å². The molecule has 0 aliphatic heterocycles. The summed E-state index contributed by atoms with van der Waals surface area (Å²) >= 11 is 5.63. The Morgan fingerprint density at radius 2 is 0.662 bits per heavy atom. The average molecular weight is 1930 g/mol. The van der Waals surface area contributed by atoms with Crippen LogP contribution >= 0.6 is 11.6 Å². The highest BCUT2D eigenvalue weighted by molar-refractivity contribution is 6.69. The molecular weight excluding hydrogens is 1780 g/mol. The minimum absolute atomic E-state index is 0.234. The van der Waals surface area contributed by atoms with Gasteiger partial charge in [0.25, 0.3) is 0 Å². The summed E-state index contributed by atoms with van der Waals surface area (Å²) in [6.07, 6.45) is 7.22. The molecule has 0 radical (unpaired) electrons. The lowest BCUT2D eigenvalue weighted by molar-refractivity contribution is -0.153. The number of carbonyl (C=O) groups excluding carboxylic acids is 1. The number of carbonyl (C=O) groups is 1. The highest BCUT2D eigenvalue weighted by atomic mass is 35.5. The van der Waals surface area contributed by atoms with Crippen LogP contribution in [0.2, 0.25) is 86.9 Å². The van der Waals surface area contributed by atoms with Crippen molar-refractivity contribution in [2.75, 3.05) is 7.11 Å². The molecule has 142 heavy (non-hydrogen) atoms. The minimum Gasteiger partial charge on any atom is -0.497 e. The summed E-state index contributed by atoms with van der Waals surface area (Å²) in [4.78, 5) is 14.9. The third-order valence-electron chi connectivity index (χ3n) is 21.8. The Balaban J connectivity index is 0.000000525. The molecule has 0 heterocycles. The lowest BCUT2D eigenvalue weighted by Crippen LogP contribution is -2.27. The average Bonchev–Trinajstić information content (AvgIpc) is 0.844. The van der Waals surface area contributed by atoms with Gasteiger partial charge in [0, 0.05) is 5.02 Å². The van der Waals surface area contributed by atoms with Crippen molar-refractivity contribution in [3.05, 3.63) is 383 Å². The maximum Gasteiger partial charge on any atom is 0.320 e. The smallest absolute Gasteiger partial charge is 0.320 e. The third-order valence-corrected chi connectivity index (χ3v) is 22.1. The van der Waals surface area contributed by atoms with E-state index in [2.05, 4.69) is 106 Å². The van der Waals surface area contributed by atoms with Crippen molar-refractivity contribution in [2.24, 2.45) is 0 Å². The lowest BCUT2D eigenvalue weighted by Gasteiger charge is -2.19. The molecule has 0 atom stereocenters. The van der Waals surface area contributed by atoms with E-state index in [9.17, 15) is 44.4 Å². The molecule has 30 heteroatoms. The monoisotopic (exact) mass is 1930 g/mol. The van der Waals surface area contributed by atoms with Crippen molar-refractivity contribution in [1.82, 2.24) is 0 Å². The summed E-state index contributed by atoms with van der Waals surface area (Å²) in [7, 11) is 1.61. The molecular formula is C112H149B12ClFNO15. The summed E-state index contributed by atoms with van der Waals surface area (Å²) in [5.41, 5.74) is 22.2. The first-order valence-corrected chi connectivity index (χ1v) is 49.3. The van der Waals surface area contributed by atoms with Gasteiger partial charge in [0.05, 0.1) is 20.1 Å². The first-order chi connectivity index (χ1) is 67.1. The van der Waals surface area contributed by atoms with E-state index in [1.165, 1.54) is 70.3 Å². The lowest BCUT2D eigenvalue weighted by atomic mass is 9.64. The number of halogens is 2. The molecule has 0 fully saturated rings. The molecule has 13 aromatic carbocycles. The molecule has 13 rings (SSSR count). The van der Waals surface area contributed by atoms with Gasteiger partial charge in [-0.2, -0.15) is 0 Å². The number of hydrogen-bond donors (Lipinski definition) is 12. The molecule has 0 aromatic heterocycles. The molecule has 0 spiro atoms. The van der Waals surface area contributed by atoms with Gasteiger partial charge in [0.15, 0.2) is 5.69 Å². The van der Waals surface area contributed by atoms with Crippen molar-refractivity contribution in [3.63, 3.8) is 0 Å². The largest absolute Gasteiger partial charge is 0.497 e. The van der Waals surface area contributed by atoms with E-state index < -0.39 is 47.1 Å². The quantitative estimate of drug-likeness (QED) is 0.0161. The number of ether oxygens (including phenoxy) is 2. The van der Waals surface area contributed by atoms with Crippen LogP contribution in [0.1, 0.15) is 120 Å². The van der Waals surface area contributed by atoms with Crippen LogP contribution in [0.25, 0.3) is 16.0 Å². The van der Waals surface area contributed by atoms with Crippen molar-refractivity contribution in [1.29, 1.82) is 0 Å². The molecule has 0 saturated heterocycles. The Kier molecular flexibility index (Phi) is 63.4. The highest BCUT2D eigenvalue weighted by Crippen LogP contribution is 2.19. The van der Waals surface area contributed by atoms with Gasteiger partial charge >= 0.3 is 89.0 Å². The molecule has 0 saturated carbocycles. The molecule has 742 valence electrons. The van der Waals surface area contributed by atoms with Gasteiger partial charge in [-0.3, -0.25) is 4.79 Å². The molecule has 0 aliphatic carbocycles. The normalized spacial score (nSPS) is 9.87. The van der Waals surface area contributed by atoms with Gasteiger partial charge in [-0.15, -0.1) is 0 Å². The van der Waals surface area contributed by atoms with E-state index in [0.29, 0.717) is 16.6 Å². The van der Waals surface area contributed by atoms with Crippen LogP contribution in [0, 0.1) is 26.2 Å². The minimum atomic E-state index is -0.520. The Morgan fingerprint density at radius 1 is 0.352 bits per heavy atom. The fourth-order valence-corrected chi connectivity index (χ4v) is 12.9. The zero-order valence-corrected chi connectivity index (χ0v) is 88.6. The van der Waals surface area contributed by atoms with Crippen LogP contribution in [0.4, 0.5) is 10.1 Å². The van der Waals surface area contributed by atoms with Gasteiger partial charge in [-0.25, -0.2) is 9.24 Å². The number of methoxy groups -OCH3 is 1. The zero-order chi connectivity index (χ0) is 107. The van der Waals surface area contributed by atoms with Gasteiger partial charge in [0.2, 0.25) is 0 Å². The predicted molar refractivity (Wildman–Crippen MR) is 617 cm³/mol. The maximum atomic E-state index is 12.3. The summed E-state index contributed by atoms with van der Waals surface area (Å²) in [6, 6.07) is 101. The summed E-state index contributed by atoms with van der Waals surface area (Å²) in [6.45, 7) is 43.3. The van der Waals surface area contributed by atoms with E-state index >= 15 is 0 Å². The van der Waals surface area contributed by atoms with Gasteiger partial charge in [-0.1, -0.05) is 443 Å². The summed E-state index contributed by atoms with van der Waals surface area (Å²) in [5.74, 6) is 0.820. The second-order valence-electron chi connectivity index (χ2n) is 36.3. The van der Waals surface area contributed by atoms with E-state index in [1.807, 2.05) is 229 Å². The van der Waals surface area contributed by atoms with Crippen molar-refractivity contribution in [3.8, 4) is 16.9 Å². The number of aryl methyl sites for hydroxylation is 5. The van der Waals surface area contributed by atoms with Crippen molar-refractivity contribution >= 4 is 172 Å². The summed E-state index contributed by atoms with van der Waals surface area (Å²) in [5, 5.41) is 111. The Morgan fingerprint density at radius 3 is 1.00 bits per heavy atom. The van der Waals surface area contributed by atoms with Crippen molar-refractivity contribution < 1.29 is 78.9 Å². The highest BCUT2D eigenvalue weighted by Gasteiger charge is 2.19. The number of unbranched alkanes of at least 4 members (excludes halogenated alkanes) is 1. The zero-order valence-electron chi connectivity index (χ0n) is 87.8.